The third-order valence-corrected chi connectivity index (χ3v) is 3.01. The van der Waals surface area contributed by atoms with Crippen LogP contribution in [0.4, 0.5) is 0 Å². The molecule has 96 valence electrons. The molecule has 0 spiro atoms. The molecule has 1 aromatic heterocycles. The maximum atomic E-state index is 11.4. The Morgan fingerprint density at radius 1 is 1.41 bits per heavy atom. The fourth-order valence-electron chi connectivity index (χ4n) is 2.19. The second-order valence-electron chi connectivity index (χ2n) is 4.31. The lowest BCUT2D eigenvalue weighted by Crippen LogP contribution is -2.15. The number of rotatable bonds is 5. The Morgan fingerprint density at radius 3 is 2.53 bits per heavy atom. The molecule has 0 radical (unpaired) electrons. The van der Waals surface area contributed by atoms with Gasteiger partial charge in [-0.2, -0.15) is 5.10 Å². The number of aromatic nitrogens is 2. The highest BCUT2D eigenvalue weighted by molar-refractivity contribution is 5.69. The van der Waals surface area contributed by atoms with E-state index < -0.39 is 0 Å². The number of hydrogen-bond donors (Lipinski definition) is 0. The van der Waals surface area contributed by atoms with Crippen molar-refractivity contribution in [3.63, 3.8) is 0 Å². The standard InChI is InChI=1S/C13H22N2O2/c1-6-12-10(4)14-15(11(12)5)9(3)8-13(16)17-7-2/h9H,6-8H2,1-5H3. The summed E-state index contributed by atoms with van der Waals surface area (Å²) in [6, 6.07) is 0.0491. The van der Waals surface area contributed by atoms with Crippen molar-refractivity contribution < 1.29 is 9.53 Å². The second-order valence-corrected chi connectivity index (χ2v) is 4.31. The smallest absolute Gasteiger partial charge is 0.307 e. The van der Waals surface area contributed by atoms with Crippen molar-refractivity contribution in [1.82, 2.24) is 9.78 Å². The van der Waals surface area contributed by atoms with E-state index in [2.05, 4.69) is 18.9 Å². The van der Waals surface area contributed by atoms with Crippen LogP contribution in [0.1, 0.15) is 50.2 Å². The molecule has 1 aromatic rings. The monoisotopic (exact) mass is 238 g/mol. The third kappa shape index (κ3) is 3.08. The first-order valence-electron chi connectivity index (χ1n) is 6.21. The van der Waals surface area contributed by atoms with Gasteiger partial charge in [0.2, 0.25) is 0 Å². The summed E-state index contributed by atoms with van der Waals surface area (Å²) < 4.78 is 6.89. The summed E-state index contributed by atoms with van der Waals surface area (Å²) in [4.78, 5) is 11.4. The van der Waals surface area contributed by atoms with Gasteiger partial charge in [-0.05, 0) is 39.7 Å². The van der Waals surface area contributed by atoms with Crippen molar-refractivity contribution in [2.75, 3.05) is 6.61 Å². The molecule has 0 bridgehead atoms. The Kier molecular flexibility index (Phi) is 4.73. The lowest BCUT2D eigenvalue weighted by Gasteiger charge is -2.13. The topological polar surface area (TPSA) is 44.1 Å². The van der Waals surface area contributed by atoms with E-state index >= 15 is 0 Å². The molecule has 4 heteroatoms. The molecule has 17 heavy (non-hydrogen) atoms. The first-order chi connectivity index (χ1) is 8.01. The Hall–Kier alpha value is -1.32. The first kappa shape index (κ1) is 13.7. The molecule has 1 rings (SSSR count). The minimum atomic E-state index is -0.161. The maximum Gasteiger partial charge on any atom is 0.307 e. The molecule has 0 aliphatic heterocycles. The zero-order valence-corrected chi connectivity index (χ0v) is 11.4. The molecule has 0 saturated carbocycles. The molecule has 1 atom stereocenters. The van der Waals surface area contributed by atoms with Crippen molar-refractivity contribution in [2.24, 2.45) is 0 Å². The van der Waals surface area contributed by atoms with E-state index in [9.17, 15) is 4.79 Å². The number of hydrogen-bond acceptors (Lipinski definition) is 3. The van der Waals surface area contributed by atoms with Gasteiger partial charge in [0, 0.05) is 5.69 Å². The van der Waals surface area contributed by atoms with Crippen LogP contribution < -0.4 is 0 Å². The molecule has 0 saturated heterocycles. The summed E-state index contributed by atoms with van der Waals surface area (Å²) in [7, 11) is 0. The van der Waals surface area contributed by atoms with Crippen LogP contribution in [0, 0.1) is 13.8 Å². The average Bonchev–Trinajstić information content (AvgIpc) is 2.54. The number of carbonyl (C=O) groups is 1. The van der Waals surface area contributed by atoms with E-state index in [1.54, 1.807) is 0 Å². The summed E-state index contributed by atoms with van der Waals surface area (Å²) in [5.41, 5.74) is 3.49. The maximum absolute atomic E-state index is 11.4. The van der Waals surface area contributed by atoms with Gasteiger partial charge in [-0.3, -0.25) is 9.48 Å². The molecule has 0 aliphatic rings. The van der Waals surface area contributed by atoms with Gasteiger partial charge in [0.25, 0.3) is 0 Å². The fraction of sp³-hybridized carbons (Fsp3) is 0.692. The molecule has 0 N–H and O–H groups in total. The van der Waals surface area contributed by atoms with Crippen LogP contribution in [0.5, 0.6) is 0 Å². The van der Waals surface area contributed by atoms with Crippen LogP contribution in [-0.4, -0.2) is 22.4 Å². The molecule has 1 heterocycles. The van der Waals surface area contributed by atoms with Crippen LogP contribution in [0.2, 0.25) is 0 Å². The van der Waals surface area contributed by atoms with Gasteiger partial charge in [-0.15, -0.1) is 0 Å². The number of aryl methyl sites for hydroxylation is 1. The molecule has 0 fully saturated rings. The summed E-state index contributed by atoms with van der Waals surface area (Å²) in [5.74, 6) is -0.161. The van der Waals surface area contributed by atoms with Gasteiger partial charge in [-0.25, -0.2) is 0 Å². The van der Waals surface area contributed by atoms with Gasteiger partial charge in [0.1, 0.15) is 0 Å². The zero-order chi connectivity index (χ0) is 13.0. The van der Waals surface area contributed by atoms with Gasteiger partial charge in [-0.1, -0.05) is 6.92 Å². The van der Waals surface area contributed by atoms with E-state index in [1.165, 1.54) is 5.56 Å². The van der Waals surface area contributed by atoms with E-state index in [4.69, 9.17) is 4.74 Å². The van der Waals surface area contributed by atoms with E-state index in [0.29, 0.717) is 13.0 Å². The van der Waals surface area contributed by atoms with Crippen LogP contribution in [-0.2, 0) is 16.0 Å². The number of carbonyl (C=O) groups excluding carboxylic acids is 1. The van der Waals surface area contributed by atoms with Crippen molar-refractivity contribution in [3.05, 3.63) is 17.0 Å². The summed E-state index contributed by atoms with van der Waals surface area (Å²) in [6.45, 7) is 10.4. The summed E-state index contributed by atoms with van der Waals surface area (Å²) >= 11 is 0. The Balaban J connectivity index is 2.82. The fourth-order valence-corrected chi connectivity index (χ4v) is 2.19. The van der Waals surface area contributed by atoms with E-state index in [0.717, 1.165) is 17.8 Å². The lowest BCUT2D eigenvalue weighted by atomic mass is 10.1. The van der Waals surface area contributed by atoms with Crippen molar-refractivity contribution in [2.45, 2.75) is 53.5 Å². The molecule has 1 unspecified atom stereocenters. The minimum Gasteiger partial charge on any atom is -0.466 e. The molecular weight excluding hydrogens is 216 g/mol. The van der Waals surface area contributed by atoms with Crippen LogP contribution in [0.15, 0.2) is 0 Å². The Bertz CT molecular complexity index is 396. The van der Waals surface area contributed by atoms with Gasteiger partial charge < -0.3 is 4.74 Å². The van der Waals surface area contributed by atoms with E-state index in [-0.39, 0.29) is 12.0 Å². The summed E-state index contributed by atoms with van der Waals surface area (Å²) in [6.07, 6.45) is 1.35. The quantitative estimate of drug-likeness (QED) is 0.740. The number of ether oxygens (including phenoxy) is 1. The largest absolute Gasteiger partial charge is 0.466 e. The van der Waals surface area contributed by atoms with E-state index in [1.807, 2.05) is 25.5 Å². The normalized spacial score (nSPS) is 12.5. The highest BCUT2D eigenvalue weighted by atomic mass is 16.5. The third-order valence-electron chi connectivity index (χ3n) is 3.01. The molecule has 0 amide bonds. The zero-order valence-electron chi connectivity index (χ0n) is 11.4. The van der Waals surface area contributed by atoms with Crippen LogP contribution in [0.3, 0.4) is 0 Å². The van der Waals surface area contributed by atoms with Gasteiger partial charge in [0.05, 0.1) is 24.8 Å². The SMILES string of the molecule is CCOC(=O)CC(C)n1nc(C)c(CC)c1C. The van der Waals surface area contributed by atoms with Crippen molar-refractivity contribution in [3.8, 4) is 0 Å². The molecule has 0 aromatic carbocycles. The Morgan fingerprint density at radius 2 is 2.06 bits per heavy atom. The second kappa shape index (κ2) is 5.84. The predicted molar refractivity (Wildman–Crippen MR) is 67.0 cm³/mol. The van der Waals surface area contributed by atoms with Gasteiger partial charge in [0.15, 0.2) is 0 Å². The average molecular weight is 238 g/mol. The van der Waals surface area contributed by atoms with Crippen LogP contribution in [0.25, 0.3) is 0 Å². The highest BCUT2D eigenvalue weighted by Crippen LogP contribution is 2.20. The Labute approximate surface area is 103 Å². The van der Waals surface area contributed by atoms with Crippen molar-refractivity contribution >= 4 is 5.97 Å². The molecule has 0 aliphatic carbocycles. The van der Waals surface area contributed by atoms with Crippen molar-refractivity contribution in [1.29, 1.82) is 0 Å². The predicted octanol–water partition coefficient (Wildman–Crippen LogP) is 2.58. The molecule has 4 nitrogen and oxygen atoms in total. The number of nitrogens with zero attached hydrogens (tertiary/aromatic N) is 2. The number of esters is 1. The highest BCUT2D eigenvalue weighted by Gasteiger charge is 2.17. The first-order valence-corrected chi connectivity index (χ1v) is 6.21. The summed E-state index contributed by atoms with van der Waals surface area (Å²) in [5, 5.41) is 4.50. The minimum absolute atomic E-state index is 0.0491. The van der Waals surface area contributed by atoms with Crippen LogP contribution >= 0.6 is 0 Å². The molecular formula is C13H22N2O2. The lowest BCUT2D eigenvalue weighted by molar-refractivity contribution is -0.144. The van der Waals surface area contributed by atoms with Gasteiger partial charge >= 0.3 is 5.97 Å².